The smallest absolute Gasteiger partial charge is 0.165 e. The molecule has 6 heteroatoms. The van der Waals surface area contributed by atoms with Gasteiger partial charge in [-0.05, 0) is 6.42 Å². The summed E-state index contributed by atoms with van der Waals surface area (Å²) in [6.07, 6.45) is 0.715. The van der Waals surface area contributed by atoms with Crippen LogP contribution >= 0.6 is 11.6 Å². The Morgan fingerprint density at radius 1 is 1.30 bits per heavy atom. The Morgan fingerprint density at radius 2 is 2.00 bits per heavy atom. The fourth-order valence-corrected chi connectivity index (χ4v) is 2.69. The molecule has 1 heterocycles. The van der Waals surface area contributed by atoms with Crippen LogP contribution < -0.4 is 14.8 Å². The second kappa shape index (κ2) is 7.02. The first-order valence-electron chi connectivity index (χ1n) is 6.72. The summed E-state index contributed by atoms with van der Waals surface area (Å²) in [7, 11) is 3.13. The number of piperazine rings is 1. The highest BCUT2D eigenvalue weighted by atomic mass is 35.5. The number of halogens is 1. The molecule has 20 heavy (non-hydrogen) atoms. The second-order valence-electron chi connectivity index (χ2n) is 4.77. The first-order chi connectivity index (χ1) is 9.67. The number of phenolic OH excluding ortho intramolecular Hbond substituents is 1. The summed E-state index contributed by atoms with van der Waals surface area (Å²) in [5, 5.41) is 13.5. The maximum absolute atomic E-state index is 9.88. The van der Waals surface area contributed by atoms with Gasteiger partial charge < -0.3 is 24.8 Å². The maximum Gasteiger partial charge on any atom is 0.165 e. The van der Waals surface area contributed by atoms with Crippen molar-refractivity contribution in [1.29, 1.82) is 0 Å². The van der Waals surface area contributed by atoms with E-state index in [0.29, 0.717) is 22.9 Å². The molecule has 2 rings (SSSR count). The topological polar surface area (TPSA) is 54.0 Å². The van der Waals surface area contributed by atoms with Crippen LogP contribution in [0.3, 0.4) is 0 Å². The Hall–Kier alpha value is -1.17. The first kappa shape index (κ1) is 15.2. The summed E-state index contributed by atoms with van der Waals surface area (Å²) in [5.74, 6) is 1.13. The van der Waals surface area contributed by atoms with E-state index in [1.54, 1.807) is 14.2 Å². The van der Waals surface area contributed by atoms with Gasteiger partial charge in [-0.2, -0.15) is 0 Å². The minimum atomic E-state index is 0.0274. The summed E-state index contributed by atoms with van der Waals surface area (Å²) in [6.45, 7) is 4.94. The van der Waals surface area contributed by atoms with Crippen LogP contribution in [0.4, 0.5) is 0 Å². The van der Waals surface area contributed by atoms with Gasteiger partial charge in [-0.15, -0.1) is 0 Å². The zero-order valence-electron chi connectivity index (χ0n) is 11.9. The van der Waals surface area contributed by atoms with E-state index in [4.69, 9.17) is 21.1 Å². The number of methoxy groups -OCH3 is 2. The van der Waals surface area contributed by atoms with Crippen molar-refractivity contribution in [2.75, 3.05) is 46.9 Å². The second-order valence-corrected chi connectivity index (χ2v) is 5.14. The molecule has 0 saturated carbocycles. The van der Waals surface area contributed by atoms with E-state index in [-0.39, 0.29) is 5.75 Å². The molecule has 2 N–H and O–H groups in total. The number of nitrogens with one attached hydrogen (secondary N) is 1. The molecule has 0 amide bonds. The normalized spacial score (nSPS) is 16.1. The van der Waals surface area contributed by atoms with Gasteiger partial charge in [0.05, 0.1) is 19.2 Å². The predicted octanol–water partition coefficient (Wildman–Crippen LogP) is 1.51. The van der Waals surface area contributed by atoms with Crippen LogP contribution in [0.1, 0.15) is 5.56 Å². The van der Waals surface area contributed by atoms with Crippen LogP contribution in [0.5, 0.6) is 17.2 Å². The van der Waals surface area contributed by atoms with Crippen LogP contribution in [0.25, 0.3) is 0 Å². The molecule has 1 aliphatic heterocycles. The lowest BCUT2D eigenvalue weighted by Gasteiger charge is -2.27. The van der Waals surface area contributed by atoms with E-state index in [0.717, 1.165) is 38.3 Å². The lowest BCUT2D eigenvalue weighted by Crippen LogP contribution is -2.44. The Kier molecular flexibility index (Phi) is 5.34. The van der Waals surface area contributed by atoms with Crippen LogP contribution in [0, 0.1) is 0 Å². The zero-order valence-corrected chi connectivity index (χ0v) is 12.7. The van der Waals surface area contributed by atoms with Crippen molar-refractivity contribution in [2.45, 2.75) is 6.42 Å². The number of benzene rings is 1. The summed E-state index contributed by atoms with van der Waals surface area (Å²) in [4.78, 5) is 2.36. The highest BCUT2D eigenvalue weighted by Crippen LogP contribution is 2.42. The van der Waals surface area contributed by atoms with E-state index >= 15 is 0 Å². The molecule has 112 valence electrons. The van der Waals surface area contributed by atoms with Crippen molar-refractivity contribution < 1.29 is 14.6 Å². The molecule has 1 aromatic carbocycles. The van der Waals surface area contributed by atoms with Gasteiger partial charge in [-0.1, -0.05) is 11.6 Å². The van der Waals surface area contributed by atoms with Gasteiger partial charge in [0.25, 0.3) is 0 Å². The molecular formula is C14H21ClN2O3. The van der Waals surface area contributed by atoms with Crippen LogP contribution in [-0.2, 0) is 6.42 Å². The van der Waals surface area contributed by atoms with Crippen LogP contribution in [0.15, 0.2) is 6.07 Å². The Balaban J connectivity index is 2.18. The fraction of sp³-hybridized carbons (Fsp3) is 0.571. The Morgan fingerprint density at radius 3 is 2.60 bits per heavy atom. The largest absolute Gasteiger partial charge is 0.506 e. The summed E-state index contributed by atoms with van der Waals surface area (Å²) in [6, 6.07) is 1.48. The molecule has 5 nitrogen and oxygen atoms in total. The molecule has 0 aliphatic carbocycles. The molecule has 0 unspecified atom stereocenters. The number of phenols is 1. The minimum absolute atomic E-state index is 0.0274. The molecule has 0 bridgehead atoms. The number of ether oxygens (including phenoxy) is 2. The van der Waals surface area contributed by atoms with Gasteiger partial charge >= 0.3 is 0 Å². The standard InChI is InChI=1S/C14H21ClN2O3/c1-19-12-9-11(18)13(15)10(14(12)20-2)3-6-17-7-4-16-5-8-17/h9,16,18H,3-8H2,1-2H3. The number of hydrogen-bond donors (Lipinski definition) is 2. The SMILES string of the molecule is COc1cc(O)c(Cl)c(CCN2CCNCC2)c1OC. The van der Waals surface area contributed by atoms with E-state index in [2.05, 4.69) is 10.2 Å². The molecule has 1 saturated heterocycles. The quantitative estimate of drug-likeness (QED) is 0.863. The number of hydrogen-bond acceptors (Lipinski definition) is 5. The number of aromatic hydroxyl groups is 1. The Bertz CT molecular complexity index is 462. The summed E-state index contributed by atoms with van der Waals surface area (Å²) in [5.41, 5.74) is 0.796. The summed E-state index contributed by atoms with van der Waals surface area (Å²) < 4.78 is 10.6. The van der Waals surface area contributed by atoms with E-state index < -0.39 is 0 Å². The van der Waals surface area contributed by atoms with Gasteiger partial charge in [0, 0.05) is 44.4 Å². The van der Waals surface area contributed by atoms with Gasteiger partial charge in [-0.25, -0.2) is 0 Å². The fourth-order valence-electron chi connectivity index (χ4n) is 2.46. The highest BCUT2D eigenvalue weighted by molar-refractivity contribution is 6.33. The van der Waals surface area contributed by atoms with Crippen LogP contribution in [0.2, 0.25) is 5.02 Å². The third-order valence-corrected chi connectivity index (χ3v) is 3.99. The third-order valence-electron chi connectivity index (χ3n) is 3.57. The Labute approximate surface area is 124 Å². The lowest BCUT2D eigenvalue weighted by molar-refractivity contribution is 0.242. The van der Waals surface area contributed by atoms with Crippen molar-refractivity contribution in [3.05, 3.63) is 16.7 Å². The molecule has 1 aliphatic rings. The highest BCUT2D eigenvalue weighted by Gasteiger charge is 2.19. The molecule has 0 spiro atoms. The predicted molar refractivity (Wildman–Crippen MR) is 79.2 cm³/mol. The molecule has 1 aromatic rings. The van der Waals surface area contributed by atoms with Crippen molar-refractivity contribution >= 4 is 11.6 Å². The van der Waals surface area contributed by atoms with E-state index in [1.165, 1.54) is 6.07 Å². The zero-order chi connectivity index (χ0) is 14.5. The first-order valence-corrected chi connectivity index (χ1v) is 7.10. The van der Waals surface area contributed by atoms with Crippen molar-refractivity contribution in [2.24, 2.45) is 0 Å². The van der Waals surface area contributed by atoms with E-state index in [1.807, 2.05) is 0 Å². The van der Waals surface area contributed by atoms with Gasteiger partial charge in [0.15, 0.2) is 11.5 Å². The number of rotatable bonds is 5. The molecular weight excluding hydrogens is 280 g/mol. The lowest BCUT2D eigenvalue weighted by atomic mass is 10.1. The van der Waals surface area contributed by atoms with Crippen molar-refractivity contribution in [1.82, 2.24) is 10.2 Å². The van der Waals surface area contributed by atoms with Crippen LogP contribution in [-0.4, -0.2) is 56.9 Å². The maximum atomic E-state index is 9.88. The average molecular weight is 301 g/mol. The van der Waals surface area contributed by atoms with Crippen molar-refractivity contribution in [3.63, 3.8) is 0 Å². The molecule has 1 fully saturated rings. The third kappa shape index (κ3) is 3.29. The van der Waals surface area contributed by atoms with E-state index in [9.17, 15) is 5.11 Å². The molecule has 0 radical (unpaired) electrons. The molecule has 0 atom stereocenters. The van der Waals surface area contributed by atoms with Crippen molar-refractivity contribution in [3.8, 4) is 17.2 Å². The monoisotopic (exact) mass is 300 g/mol. The van der Waals surface area contributed by atoms with Gasteiger partial charge in [0.2, 0.25) is 0 Å². The van der Waals surface area contributed by atoms with Gasteiger partial charge in [-0.3, -0.25) is 0 Å². The minimum Gasteiger partial charge on any atom is -0.506 e. The average Bonchev–Trinajstić information content (AvgIpc) is 2.49. The summed E-state index contributed by atoms with van der Waals surface area (Å²) >= 11 is 6.21. The van der Waals surface area contributed by atoms with Gasteiger partial charge in [0.1, 0.15) is 5.75 Å². The number of nitrogens with zero attached hydrogens (tertiary/aromatic N) is 1. The molecule has 0 aromatic heterocycles.